The van der Waals surface area contributed by atoms with Gasteiger partial charge in [0.25, 0.3) is 0 Å². The lowest BCUT2D eigenvalue weighted by Gasteiger charge is -2.55. The van der Waals surface area contributed by atoms with Crippen LogP contribution in [0.4, 0.5) is 0 Å². The molecule has 30 heavy (non-hydrogen) atoms. The summed E-state index contributed by atoms with van der Waals surface area (Å²) in [5.41, 5.74) is 6.25. The fourth-order valence-electron chi connectivity index (χ4n) is 6.77. The Morgan fingerprint density at radius 2 is 1.80 bits per heavy atom. The summed E-state index contributed by atoms with van der Waals surface area (Å²) in [6.07, 6.45) is 10.7. The van der Waals surface area contributed by atoms with Crippen LogP contribution >= 0.6 is 0 Å². The highest BCUT2D eigenvalue weighted by Gasteiger charge is 2.53. The molecule has 1 fully saturated rings. The molecule has 5 rings (SSSR count). The van der Waals surface area contributed by atoms with E-state index in [1.807, 2.05) is 0 Å². The number of H-pyrrole nitrogens is 1. The number of benzene rings is 2. The van der Waals surface area contributed by atoms with Crippen molar-refractivity contribution in [3.05, 3.63) is 84.1 Å². The van der Waals surface area contributed by atoms with Gasteiger partial charge < -0.3 is 4.98 Å². The van der Waals surface area contributed by atoms with E-state index in [9.17, 15) is 0 Å². The third-order valence-electron chi connectivity index (χ3n) is 8.33. The van der Waals surface area contributed by atoms with Gasteiger partial charge in [0.2, 0.25) is 0 Å². The van der Waals surface area contributed by atoms with Crippen LogP contribution in [0.3, 0.4) is 0 Å². The van der Waals surface area contributed by atoms with E-state index in [1.54, 1.807) is 11.3 Å². The van der Waals surface area contributed by atoms with Gasteiger partial charge in [0.05, 0.1) is 0 Å². The van der Waals surface area contributed by atoms with E-state index in [-0.39, 0.29) is 11.0 Å². The molecule has 1 spiro atoms. The predicted octanol–water partition coefficient (Wildman–Crippen LogP) is 6.58. The molecule has 0 radical (unpaired) electrons. The summed E-state index contributed by atoms with van der Waals surface area (Å²) >= 11 is 0. The van der Waals surface area contributed by atoms with Gasteiger partial charge in [0.15, 0.2) is 0 Å². The number of nitrogens with one attached hydrogen (secondary N) is 1. The highest BCUT2D eigenvalue weighted by atomic mass is 15.1. The minimum absolute atomic E-state index is 0.101. The van der Waals surface area contributed by atoms with Gasteiger partial charge in [-0.1, -0.05) is 54.6 Å². The Morgan fingerprint density at radius 3 is 2.57 bits per heavy atom. The van der Waals surface area contributed by atoms with E-state index < -0.39 is 0 Å². The zero-order chi connectivity index (χ0) is 20.8. The van der Waals surface area contributed by atoms with Crippen molar-refractivity contribution in [3.8, 4) is 0 Å². The highest BCUT2D eigenvalue weighted by Crippen LogP contribution is 2.58. The molecule has 2 nitrogen and oxygen atoms in total. The third-order valence-corrected chi connectivity index (χ3v) is 8.33. The van der Waals surface area contributed by atoms with Crippen LogP contribution in [0.25, 0.3) is 10.9 Å². The van der Waals surface area contributed by atoms with Crippen molar-refractivity contribution < 1.29 is 0 Å². The fourth-order valence-corrected chi connectivity index (χ4v) is 6.77. The molecule has 0 aliphatic heterocycles. The van der Waals surface area contributed by atoms with Gasteiger partial charge in [-0.15, -0.1) is 6.58 Å². The van der Waals surface area contributed by atoms with Crippen molar-refractivity contribution in [2.45, 2.75) is 55.9 Å². The molecule has 0 bridgehead atoms. The first-order chi connectivity index (χ1) is 14.6. The topological polar surface area (TPSA) is 19.0 Å². The second kappa shape index (κ2) is 7.42. The number of aromatic amines is 1. The van der Waals surface area contributed by atoms with Crippen molar-refractivity contribution in [1.82, 2.24) is 9.88 Å². The number of nitrogens with zero attached hydrogens (tertiary/aromatic N) is 1. The molecular weight excluding hydrogens is 364 g/mol. The molecule has 1 heterocycles. The molecule has 1 N–H and O–H groups in total. The van der Waals surface area contributed by atoms with Crippen molar-refractivity contribution in [2.24, 2.45) is 5.92 Å². The molecule has 3 atom stereocenters. The normalized spacial score (nSPS) is 28.7. The smallest absolute Gasteiger partial charge is 0.0459 e. The summed E-state index contributed by atoms with van der Waals surface area (Å²) in [5, 5.41) is 1.44. The monoisotopic (exact) mass is 398 g/mol. The van der Waals surface area contributed by atoms with Crippen LogP contribution in [0, 0.1) is 5.92 Å². The molecule has 1 aromatic heterocycles. The minimum Gasteiger partial charge on any atom is -0.358 e. The summed E-state index contributed by atoms with van der Waals surface area (Å²) < 4.78 is 0. The largest absolute Gasteiger partial charge is 0.358 e. The van der Waals surface area contributed by atoms with Crippen molar-refractivity contribution in [2.75, 3.05) is 14.1 Å². The average Bonchev–Trinajstić information content (AvgIpc) is 3.16. The molecule has 3 aromatic rings. The molecule has 3 unspecified atom stereocenters. The molecule has 2 aliphatic carbocycles. The first kappa shape index (κ1) is 19.6. The maximum absolute atomic E-state index is 4.17. The first-order valence-electron chi connectivity index (χ1n) is 11.5. The second-order valence-electron chi connectivity index (χ2n) is 9.75. The fraction of sp³-hybridized carbons (Fsp3) is 0.429. The number of hydrogen-bond acceptors (Lipinski definition) is 1. The van der Waals surface area contributed by atoms with Gasteiger partial charge in [-0.3, -0.25) is 4.90 Å². The molecule has 156 valence electrons. The Morgan fingerprint density at radius 1 is 1.03 bits per heavy atom. The van der Waals surface area contributed by atoms with Crippen LogP contribution in [0.1, 0.15) is 55.3 Å². The summed E-state index contributed by atoms with van der Waals surface area (Å²) in [6, 6.07) is 20.1. The molecule has 2 aliphatic rings. The van der Waals surface area contributed by atoms with Crippen molar-refractivity contribution in [3.63, 3.8) is 0 Å². The summed E-state index contributed by atoms with van der Waals surface area (Å²) in [5.74, 6) is 0.596. The van der Waals surface area contributed by atoms with E-state index >= 15 is 0 Å². The number of aromatic nitrogens is 1. The van der Waals surface area contributed by atoms with E-state index in [4.69, 9.17) is 0 Å². The second-order valence-corrected chi connectivity index (χ2v) is 9.75. The summed E-state index contributed by atoms with van der Waals surface area (Å²) in [7, 11) is 4.54. The molecule has 1 saturated carbocycles. The Labute approximate surface area is 181 Å². The zero-order valence-corrected chi connectivity index (χ0v) is 18.5. The van der Waals surface area contributed by atoms with Crippen LogP contribution in [0.5, 0.6) is 0 Å². The average molecular weight is 399 g/mol. The van der Waals surface area contributed by atoms with E-state index in [0.29, 0.717) is 5.92 Å². The Bertz CT molecular complexity index is 1050. The lowest BCUT2D eigenvalue weighted by molar-refractivity contribution is 0.0135. The van der Waals surface area contributed by atoms with Crippen LogP contribution in [-0.4, -0.2) is 24.0 Å². The van der Waals surface area contributed by atoms with Crippen molar-refractivity contribution in [1.29, 1.82) is 0 Å². The quantitative estimate of drug-likeness (QED) is 0.492. The third kappa shape index (κ3) is 2.80. The van der Waals surface area contributed by atoms with E-state index in [1.165, 1.54) is 55.0 Å². The van der Waals surface area contributed by atoms with Crippen LogP contribution in [0.15, 0.2) is 67.3 Å². The number of rotatable bonds is 4. The molecule has 0 amide bonds. The number of fused-ring (bicyclic) bond motifs is 4. The Hall–Kier alpha value is -2.32. The molecular formula is C28H34N2. The molecule has 2 heteroatoms. The number of hydrogen-bond donors (Lipinski definition) is 1. The number of para-hydroxylation sites is 1. The maximum Gasteiger partial charge on any atom is 0.0459 e. The number of aryl methyl sites for hydroxylation is 1. The minimum atomic E-state index is 0.101. The van der Waals surface area contributed by atoms with Gasteiger partial charge >= 0.3 is 0 Å². The van der Waals surface area contributed by atoms with Crippen molar-refractivity contribution >= 4 is 10.9 Å². The SMILES string of the molecule is C=CCC1CC(c2ccccc2)(N(C)C)CCC12CCCc1c2[nH]c2ccccc12. The lowest BCUT2D eigenvalue weighted by atomic mass is 9.53. The van der Waals surface area contributed by atoms with E-state index in [0.717, 1.165) is 6.42 Å². The molecule has 0 saturated heterocycles. The Balaban J connectivity index is 1.63. The predicted molar refractivity (Wildman–Crippen MR) is 127 cm³/mol. The standard InChI is InChI=1S/C28H34N2/c1-4-11-22-20-28(30(2)3,21-12-6-5-7-13-21)19-18-27(22)17-10-15-24-23-14-8-9-16-25(23)29-26(24)27/h4-9,12-14,16,22,29H,1,10-11,15,17-20H2,2-3H3. The van der Waals surface area contributed by atoms with Crippen LogP contribution < -0.4 is 0 Å². The Kier molecular flexibility index (Phi) is 4.86. The molecule has 2 aromatic carbocycles. The maximum atomic E-state index is 4.17. The first-order valence-corrected chi connectivity index (χ1v) is 11.5. The highest BCUT2D eigenvalue weighted by molar-refractivity contribution is 5.85. The van der Waals surface area contributed by atoms with Gasteiger partial charge in [-0.25, -0.2) is 0 Å². The van der Waals surface area contributed by atoms with Gasteiger partial charge in [-0.2, -0.15) is 0 Å². The van der Waals surface area contributed by atoms with Gasteiger partial charge in [0, 0.05) is 27.6 Å². The van der Waals surface area contributed by atoms with Gasteiger partial charge in [0.1, 0.15) is 0 Å². The number of allylic oxidation sites excluding steroid dienone is 1. The van der Waals surface area contributed by atoms with Crippen LogP contribution in [0.2, 0.25) is 0 Å². The zero-order valence-electron chi connectivity index (χ0n) is 18.5. The van der Waals surface area contributed by atoms with Crippen LogP contribution in [-0.2, 0) is 17.4 Å². The summed E-state index contributed by atoms with van der Waals surface area (Å²) in [6.45, 7) is 4.17. The summed E-state index contributed by atoms with van der Waals surface area (Å²) in [4.78, 5) is 6.40. The van der Waals surface area contributed by atoms with Gasteiger partial charge in [-0.05, 0) is 82.2 Å². The lowest BCUT2D eigenvalue weighted by Crippen LogP contribution is -2.53. The van der Waals surface area contributed by atoms with E-state index in [2.05, 4.69) is 91.2 Å².